The summed E-state index contributed by atoms with van der Waals surface area (Å²) in [6.45, 7) is 1.99. The molecule has 0 fully saturated rings. The van der Waals surface area contributed by atoms with Crippen molar-refractivity contribution in [2.45, 2.75) is 12.3 Å². The van der Waals surface area contributed by atoms with E-state index in [0.717, 1.165) is 21.0 Å². The molecule has 0 nitrogen and oxygen atoms in total. The van der Waals surface area contributed by atoms with Crippen molar-refractivity contribution in [2.75, 3.05) is 0 Å². The zero-order valence-corrected chi connectivity index (χ0v) is 10.5. The lowest BCUT2D eigenvalue weighted by molar-refractivity contribution is 1.17. The van der Waals surface area contributed by atoms with E-state index < -0.39 is 0 Å². The molecule has 2 aromatic rings. The van der Waals surface area contributed by atoms with Crippen LogP contribution in [0.2, 0.25) is 5.02 Å². The molecule has 1 aromatic carbocycles. The molecule has 0 amide bonds. The molecule has 1 unspecified atom stereocenters. The van der Waals surface area contributed by atoms with Gasteiger partial charge in [0.25, 0.3) is 0 Å². The topological polar surface area (TPSA) is 0 Å². The molecule has 15 heavy (non-hydrogen) atoms. The summed E-state index contributed by atoms with van der Waals surface area (Å²) >= 11 is 14.3. The van der Waals surface area contributed by atoms with E-state index in [1.807, 2.05) is 42.6 Å². The predicted molar refractivity (Wildman–Crippen MR) is 68.2 cm³/mol. The SMILES string of the molecule is Cc1cccc(C(Cl)c2cccs2)c1Cl. The van der Waals surface area contributed by atoms with Crippen molar-refractivity contribution in [2.24, 2.45) is 0 Å². The summed E-state index contributed by atoms with van der Waals surface area (Å²) in [4.78, 5) is 1.13. The average Bonchev–Trinajstić information content (AvgIpc) is 2.74. The molecule has 1 heterocycles. The fourth-order valence-corrected chi connectivity index (χ4v) is 2.87. The molecule has 0 saturated heterocycles. The molecule has 0 bridgehead atoms. The number of hydrogen-bond donors (Lipinski definition) is 0. The Kier molecular flexibility index (Phi) is 3.35. The fourth-order valence-electron chi connectivity index (χ4n) is 1.45. The third-order valence-corrected chi connectivity index (χ3v) is 4.34. The number of hydrogen-bond acceptors (Lipinski definition) is 1. The van der Waals surface area contributed by atoms with Gasteiger partial charge in [0, 0.05) is 9.90 Å². The molecule has 0 aliphatic heterocycles. The second-order valence-corrected chi connectivity index (χ2v) is 5.15. The van der Waals surface area contributed by atoms with E-state index in [0.29, 0.717) is 0 Å². The normalized spacial score (nSPS) is 12.7. The Labute approximate surface area is 103 Å². The Morgan fingerprint density at radius 2 is 2.00 bits per heavy atom. The molecule has 1 aromatic heterocycles. The van der Waals surface area contributed by atoms with Crippen LogP contribution in [-0.4, -0.2) is 0 Å². The van der Waals surface area contributed by atoms with Gasteiger partial charge in [-0.15, -0.1) is 22.9 Å². The molecular formula is C12H10Cl2S. The second kappa shape index (κ2) is 4.56. The highest BCUT2D eigenvalue weighted by molar-refractivity contribution is 7.10. The van der Waals surface area contributed by atoms with Crippen LogP contribution in [0.25, 0.3) is 0 Å². The van der Waals surface area contributed by atoms with E-state index in [1.165, 1.54) is 0 Å². The highest BCUT2D eigenvalue weighted by Gasteiger charge is 2.15. The minimum atomic E-state index is -0.141. The van der Waals surface area contributed by atoms with Crippen LogP contribution >= 0.6 is 34.5 Å². The van der Waals surface area contributed by atoms with Gasteiger partial charge in [0.2, 0.25) is 0 Å². The molecule has 0 N–H and O–H groups in total. The lowest BCUT2D eigenvalue weighted by Gasteiger charge is -2.11. The van der Waals surface area contributed by atoms with Crippen LogP contribution < -0.4 is 0 Å². The molecule has 0 spiro atoms. The van der Waals surface area contributed by atoms with Gasteiger partial charge in [0.15, 0.2) is 0 Å². The summed E-state index contributed by atoms with van der Waals surface area (Å²) in [5.41, 5.74) is 2.05. The molecule has 0 aliphatic carbocycles. The van der Waals surface area contributed by atoms with Crippen molar-refractivity contribution in [3.63, 3.8) is 0 Å². The van der Waals surface area contributed by atoms with Gasteiger partial charge in [-0.2, -0.15) is 0 Å². The zero-order valence-electron chi connectivity index (χ0n) is 8.21. The molecule has 0 radical (unpaired) electrons. The first kappa shape index (κ1) is 11.0. The number of aryl methyl sites for hydroxylation is 1. The van der Waals surface area contributed by atoms with Gasteiger partial charge in [-0.1, -0.05) is 35.9 Å². The molecule has 1 atom stereocenters. The smallest absolute Gasteiger partial charge is 0.0942 e. The maximum absolute atomic E-state index is 6.38. The minimum Gasteiger partial charge on any atom is -0.147 e. The highest BCUT2D eigenvalue weighted by atomic mass is 35.5. The monoisotopic (exact) mass is 256 g/mol. The van der Waals surface area contributed by atoms with Crippen molar-refractivity contribution in [1.82, 2.24) is 0 Å². The summed E-state index contributed by atoms with van der Waals surface area (Å²) in [7, 11) is 0. The maximum atomic E-state index is 6.38. The Balaban J connectivity index is 2.42. The van der Waals surface area contributed by atoms with E-state index in [1.54, 1.807) is 11.3 Å². The predicted octanol–water partition coefficient (Wildman–Crippen LogP) is 5.04. The summed E-state index contributed by atoms with van der Waals surface area (Å²) in [6.07, 6.45) is 0. The van der Waals surface area contributed by atoms with Gasteiger partial charge in [-0.3, -0.25) is 0 Å². The first-order valence-corrected chi connectivity index (χ1v) is 6.32. The Hall–Kier alpha value is -0.500. The van der Waals surface area contributed by atoms with Gasteiger partial charge in [0.05, 0.1) is 5.38 Å². The Morgan fingerprint density at radius 1 is 1.20 bits per heavy atom. The van der Waals surface area contributed by atoms with Gasteiger partial charge in [-0.25, -0.2) is 0 Å². The number of benzene rings is 1. The van der Waals surface area contributed by atoms with Crippen LogP contribution in [0, 0.1) is 6.92 Å². The first-order chi connectivity index (χ1) is 7.20. The van der Waals surface area contributed by atoms with Gasteiger partial charge >= 0.3 is 0 Å². The van der Waals surface area contributed by atoms with Crippen molar-refractivity contribution in [3.8, 4) is 0 Å². The van der Waals surface area contributed by atoms with Crippen molar-refractivity contribution in [3.05, 3.63) is 56.7 Å². The van der Waals surface area contributed by atoms with Crippen molar-refractivity contribution >= 4 is 34.5 Å². The molecule has 3 heteroatoms. The van der Waals surface area contributed by atoms with Crippen LogP contribution in [0.1, 0.15) is 21.4 Å². The van der Waals surface area contributed by atoms with Gasteiger partial charge in [0.1, 0.15) is 0 Å². The lowest BCUT2D eigenvalue weighted by atomic mass is 10.1. The number of rotatable bonds is 2. The summed E-state index contributed by atoms with van der Waals surface area (Å²) in [5.74, 6) is 0. The maximum Gasteiger partial charge on any atom is 0.0942 e. The van der Waals surface area contributed by atoms with Crippen molar-refractivity contribution < 1.29 is 0 Å². The van der Waals surface area contributed by atoms with E-state index in [9.17, 15) is 0 Å². The summed E-state index contributed by atoms with van der Waals surface area (Å²) in [5, 5.41) is 2.65. The van der Waals surface area contributed by atoms with Gasteiger partial charge in [-0.05, 0) is 29.5 Å². The van der Waals surface area contributed by atoms with Gasteiger partial charge < -0.3 is 0 Å². The van der Waals surface area contributed by atoms with Crippen LogP contribution in [-0.2, 0) is 0 Å². The largest absolute Gasteiger partial charge is 0.147 e. The minimum absolute atomic E-state index is 0.141. The standard InChI is InChI=1S/C12H10Cl2S/c1-8-4-2-5-9(11(8)13)12(14)10-6-3-7-15-10/h2-7,12H,1H3. The number of alkyl halides is 1. The number of halogens is 2. The zero-order chi connectivity index (χ0) is 10.8. The highest BCUT2D eigenvalue weighted by Crippen LogP contribution is 2.36. The van der Waals surface area contributed by atoms with Crippen LogP contribution in [0.4, 0.5) is 0 Å². The molecular weight excluding hydrogens is 247 g/mol. The van der Waals surface area contributed by atoms with Crippen LogP contribution in [0.15, 0.2) is 35.7 Å². The lowest BCUT2D eigenvalue weighted by Crippen LogP contribution is -1.92. The third-order valence-electron chi connectivity index (χ3n) is 2.29. The average molecular weight is 257 g/mol. The molecule has 0 saturated carbocycles. The van der Waals surface area contributed by atoms with E-state index in [4.69, 9.17) is 23.2 Å². The molecule has 0 aliphatic rings. The van der Waals surface area contributed by atoms with Crippen LogP contribution in [0.3, 0.4) is 0 Å². The summed E-state index contributed by atoms with van der Waals surface area (Å²) in [6, 6.07) is 9.98. The van der Waals surface area contributed by atoms with E-state index in [-0.39, 0.29) is 5.38 Å². The van der Waals surface area contributed by atoms with E-state index in [2.05, 4.69) is 0 Å². The van der Waals surface area contributed by atoms with E-state index >= 15 is 0 Å². The second-order valence-electron chi connectivity index (χ2n) is 3.36. The quantitative estimate of drug-likeness (QED) is 0.661. The molecule has 2 rings (SSSR count). The number of thiophene rings is 1. The first-order valence-electron chi connectivity index (χ1n) is 4.62. The third kappa shape index (κ3) is 2.20. The Bertz CT molecular complexity index is 449. The van der Waals surface area contributed by atoms with Crippen LogP contribution in [0.5, 0.6) is 0 Å². The fraction of sp³-hybridized carbons (Fsp3) is 0.167. The Morgan fingerprint density at radius 3 is 2.67 bits per heavy atom. The summed E-state index contributed by atoms with van der Waals surface area (Å²) < 4.78 is 0. The van der Waals surface area contributed by atoms with Crippen molar-refractivity contribution in [1.29, 1.82) is 0 Å². The molecule has 78 valence electrons.